The lowest BCUT2D eigenvalue weighted by molar-refractivity contribution is 0.0833. The zero-order valence-electron chi connectivity index (χ0n) is 23.5. The van der Waals surface area contributed by atoms with Gasteiger partial charge in [-0.3, -0.25) is 4.57 Å². The number of aromatic nitrogens is 2. The minimum atomic E-state index is 0.0322. The summed E-state index contributed by atoms with van der Waals surface area (Å²) in [6.45, 7) is 21.3. The molecule has 2 aromatic carbocycles. The Kier molecular flexibility index (Phi) is 4.09. The molecule has 0 amide bonds. The van der Waals surface area contributed by atoms with Crippen LogP contribution in [0.25, 0.3) is 16.7 Å². The number of allylic oxidation sites excluding steroid dienone is 2. The van der Waals surface area contributed by atoms with Crippen LogP contribution in [0, 0.1) is 17.8 Å². The highest BCUT2D eigenvalue weighted by Gasteiger charge is 2.57. The van der Waals surface area contributed by atoms with Gasteiger partial charge in [-0.05, 0) is 94.6 Å². The Balaban J connectivity index is 1.66. The number of fused-ring (bicyclic) bond motifs is 4. The Morgan fingerprint density at radius 1 is 0.861 bits per heavy atom. The van der Waals surface area contributed by atoms with Crippen LogP contribution in [0.2, 0.25) is 0 Å². The van der Waals surface area contributed by atoms with Gasteiger partial charge in [-0.15, -0.1) is 0 Å². The van der Waals surface area contributed by atoms with Gasteiger partial charge in [-0.25, -0.2) is 4.98 Å². The molecule has 0 N–H and O–H groups in total. The van der Waals surface area contributed by atoms with E-state index in [9.17, 15) is 0 Å². The first-order chi connectivity index (χ1) is 16.7. The quantitative estimate of drug-likeness (QED) is 0.339. The molecular formula is C32H39BN2O. The van der Waals surface area contributed by atoms with Crippen LogP contribution < -0.4 is 15.7 Å². The standard InChI is InChI=1S/C32H39BN2O/c1-18-34-22-15-19(29(2,3)4)14-21-26(22)35(18)23-16-20(30(5,6)7)17-24-25(23)33(21)27-28(36-24)32(9)12-10-31(27,8)11-13-32/h14-17H,10-13H2,1-9H3. The number of hydrogen-bond acceptors (Lipinski definition) is 2. The van der Waals surface area contributed by atoms with Gasteiger partial charge < -0.3 is 4.74 Å². The SMILES string of the molecule is Cc1nc2cc(C(C)(C)C)cc3c2n1-c1cc(C(C)(C)C)cc2c1B3C1=C(O2)C2(C)CCC1(C)CC2. The second kappa shape index (κ2) is 6.49. The number of rotatable bonds is 0. The highest BCUT2D eigenvalue weighted by Crippen LogP contribution is 2.61. The van der Waals surface area contributed by atoms with Crippen molar-refractivity contribution in [1.82, 2.24) is 9.55 Å². The van der Waals surface area contributed by atoms with E-state index < -0.39 is 0 Å². The molecule has 3 nitrogen and oxygen atoms in total. The van der Waals surface area contributed by atoms with Crippen LogP contribution in [0.15, 0.2) is 35.5 Å². The van der Waals surface area contributed by atoms with E-state index in [2.05, 4.69) is 91.1 Å². The summed E-state index contributed by atoms with van der Waals surface area (Å²) in [5, 5.41) is 0. The van der Waals surface area contributed by atoms with Crippen molar-refractivity contribution in [3.8, 4) is 11.4 Å². The summed E-state index contributed by atoms with van der Waals surface area (Å²) < 4.78 is 9.52. The Morgan fingerprint density at radius 2 is 1.47 bits per heavy atom. The van der Waals surface area contributed by atoms with Gasteiger partial charge in [0.1, 0.15) is 17.3 Å². The summed E-state index contributed by atoms with van der Waals surface area (Å²) in [4.78, 5) is 5.16. The molecule has 0 saturated heterocycles. The summed E-state index contributed by atoms with van der Waals surface area (Å²) in [5.74, 6) is 3.43. The molecule has 0 atom stereocenters. The molecule has 0 spiro atoms. The molecule has 36 heavy (non-hydrogen) atoms. The number of nitrogens with zero attached hydrogens (tertiary/aromatic N) is 2. The third-order valence-electron chi connectivity index (χ3n) is 10.0. The minimum absolute atomic E-state index is 0.0322. The van der Waals surface area contributed by atoms with Crippen LogP contribution in [0.3, 0.4) is 0 Å². The van der Waals surface area contributed by atoms with Gasteiger partial charge in [0.05, 0.1) is 11.0 Å². The van der Waals surface area contributed by atoms with Crippen molar-refractivity contribution in [2.45, 2.75) is 98.8 Å². The van der Waals surface area contributed by atoms with E-state index in [4.69, 9.17) is 9.72 Å². The third kappa shape index (κ3) is 2.74. The lowest BCUT2D eigenvalue weighted by Gasteiger charge is -2.56. The van der Waals surface area contributed by atoms with E-state index in [0.29, 0.717) is 0 Å². The van der Waals surface area contributed by atoms with Crippen LogP contribution in [-0.2, 0) is 10.8 Å². The first-order valence-corrected chi connectivity index (χ1v) is 13.9. The molecule has 0 radical (unpaired) electrons. The highest BCUT2D eigenvalue weighted by molar-refractivity contribution is 6.94. The van der Waals surface area contributed by atoms with E-state index in [1.54, 1.807) is 5.47 Å². The summed E-state index contributed by atoms with van der Waals surface area (Å²) in [5.41, 5.74) is 11.2. The van der Waals surface area contributed by atoms with Gasteiger partial charge in [0.25, 0.3) is 6.71 Å². The van der Waals surface area contributed by atoms with Gasteiger partial charge in [-0.1, -0.05) is 61.5 Å². The van der Waals surface area contributed by atoms with Gasteiger partial charge in [0.15, 0.2) is 0 Å². The molecule has 3 aliphatic carbocycles. The van der Waals surface area contributed by atoms with E-state index in [1.165, 1.54) is 64.7 Å². The van der Waals surface area contributed by atoms with E-state index in [-0.39, 0.29) is 28.4 Å². The minimum Gasteiger partial charge on any atom is -0.462 e. The fourth-order valence-electron chi connectivity index (χ4n) is 7.58. The number of imidazole rings is 1. The fraction of sp³-hybridized carbons (Fsp3) is 0.531. The van der Waals surface area contributed by atoms with E-state index in [0.717, 1.165) is 17.1 Å². The maximum absolute atomic E-state index is 7.09. The molecule has 2 bridgehead atoms. The van der Waals surface area contributed by atoms with Crippen LogP contribution in [0.5, 0.6) is 5.75 Å². The highest BCUT2D eigenvalue weighted by atomic mass is 16.5. The van der Waals surface area contributed by atoms with Crippen LogP contribution in [0.4, 0.5) is 0 Å². The normalized spacial score (nSPS) is 26.3. The number of hydrogen-bond donors (Lipinski definition) is 0. The molecule has 4 heteroatoms. The van der Waals surface area contributed by atoms with E-state index in [1.807, 2.05) is 0 Å². The summed E-state index contributed by atoms with van der Waals surface area (Å²) in [6.07, 6.45) is 4.97. The summed E-state index contributed by atoms with van der Waals surface area (Å²) in [7, 11) is 0. The van der Waals surface area contributed by atoms with Gasteiger partial charge >= 0.3 is 0 Å². The zero-order valence-corrected chi connectivity index (χ0v) is 23.5. The average Bonchev–Trinajstić information content (AvgIpc) is 3.12. The van der Waals surface area contributed by atoms with Crippen molar-refractivity contribution in [1.29, 1.82) is 0 Å². The van der Waals surface area contributed by atoms with Gasteiger partial charge in [-0.2, -0.15) is 0 Å². The fourth-order valence-corrected chi connectivity index (χ4v) is 7.58. The average molecular weight is 478 g/mol. The molecule has 1 fully saturated rings. The first kappa shape index (κ1) is 22.7. The maximum Gasteiger partial charge on any atom is 0.252 e. The second-order valence-electron chi connectivity index (χ2n) is 14.7. The Hall–Kier alpha value is -2.49. The molecule has 3 aromatic rings. The Labute approximate surface area is 216 Å². The van der Waals surface area contributed by atoms with Crippen molar-refractivity contribution in [3.05, 3.63) is 52.4 Å². The second-order valence-corrected chi connectivity index (χ2v) is 14.7. The lowest BCUT2D eigenvalue weighted by Crippen LogP contribution is -2.60. The molecule has 0 unspecified atom stereocenters. The Morgan fingerprint density at radius 3 is 2.11 bits per heavy atom. The van der Waals surface area contributed by atoms with Crippen molar-refractivity contribution in [2.75, 3.05) is 0 Å². The molecule has 1 aromatic heterocycles. The van der Waals surface area contributed by atoms with Crippen molar-refractivity contribution in [2.24, 2.45) is 10.8 Å². The lowest BCUT2D eigenvalue weighted by atomic mass is 9.27. The topological polar surface area (TPSA) is 27.1 Å². The van der Waals surface area contributed by atoms with Crippen LogP contribution in [0.1, 0.15) is 98.0 Å². The number of benzene rings is 2. The predicted octanol–water partition coefficient (Wildman–Crippen LogP) is 6.64. The molecule has 5 aliphatic rings. The number of aryl methyl sites for hydroxylation is 1. The van der Waals surface area contributed by atoms with Crippen molar-refractivity contribution in [3.63, 3.8) is 0 Å². The van der Waals surface area contributed by atoms with Crippen LogP contribution >= 0.6 is 0 Å². The van der Waals surface area contributed by atoms with Gasteiger partial charge in [0, 0.05) is 11.1 Å². The number of ether oxygens (including phenoxy) is 1. The van der Waals surface area contributed by atoms with Crippen molar-refractivity contribution >= 4 is 28.7 Å². The van der Waals surface area contributed by atoms with Gasteiger partial charge in [0.2, 0.25) is 0 Å². The maximum atomic E-state index is 7.09. The molecule has 2 aliphatic heterocycles. The van der Waals surface area contributed by atoms with Crippen LogP contribution in [-0.4, -0.2) is 16.3 Å². The Bertz CT molecular complexity index is 1520. The monoisotopic (exact) mass is 478 g/mol. The molecule has 1 saturated carbocycles. The summed E-state index contributed by atoms with van der Waals surface area (Å²) in [6, 6.07) is 9.64. The van der Waals surface area contributed by atoms with E-state index >= 15 is 0 Å². The molecule has 186 valence electrons. The largest absolute Gasteiger partial charge is 0.462 e. The first-order valence-electron chi connectivity index (χ1n) is 13.9. The smallest absolute Gasteiger partial charge is 0.252 e. The molecule has 8 rings (SSSR count). The predicted molar refractivity (Wildman–Crippen MR) is 151 cm³/mol. The van der Waals surface area contributed by atoms with Crippen molar-refractivity contribution < 1.29 is 4.74 Å². The molecular weight excluding hydrogens is 439 g/mol. The third-order valence-corrected chi connectivity index (χ3v) is 10.0. The zero-order chi connectivity index (χ0) is 25.6. The summed E-state index contributed by atoms with van der Waals surface area (Å²) >= 11 is 0. The molecule has 3 heterocycles.